The summed E-state index contributed by atoms with van der Waals surface area (Å²) < 4.78 is 5.04. The second-order valence-electron chi connectivity index (χ2n) is 4.89. The highest BCUT2D eigenvalue weighted by atomic mass is 35.5. The molecule has 0 amide bonds. The van der Waals surface area contributed by atoms with Crippen LogP contribution in [0.5, 0.6) is 5.75 Å². The van der Waals surface area contributed by atoms with Gasteiger partial charge in [-0.2, -0.15) is 0 Å². The summed E-state index contributed by atoms with van der Waals surface area (Å²) in [6, 6.07) is 9.65. The van der Waals surface area contributed by atoms with Gasteiger partial charge in [0.05, 0.1) is 16.3 Å². The van der Waals surface area contributed by atoms with Crippen LogP contribution < -0.4 is 4.74 Å². The van der Waals surface area contributed by atoms with Crippen molar-refractivity contribution in [1.82, 2.24) is 0 Å². The highest BCUT2D eigenvalue weighted by Gasteiger charge is 2.09. The van der Waals surface area contributed by atoms with E-state index in [1.807, 2.05) is 0 Å². The van der Waals surface area contributed by atoms with Crippen LogP contribution in [0.15, 0.2) is 41.4 Å². The van der Waals surface area contributed by atoms with Gasteiger partial charge in [0.1, 0.15) is 5.75 Å². The van der Waals surface area contributed by atoms with E-state index in [-0.39, 0.29) is 16.3 Å². The molecule has 0 heterocycles. The maximum atomic E-state index is 11.1. The van der Waals surface area contributed by atoms with Gasteiger partial charge in [0.25, 0.3) is 0 Å². The fraction of sp³-hybridized carbons (Fsp3) is 0.118. The Morgan fingerprint density at radius 2 is 2.00 bits per heavy atom. The van der Waals surface area contributed by atoms with Crippen LogP contribution in [0.2, 0.25) is 5.02 Å². The summed E-state index contributed by atoms with van der Waals surface area (Å²) in [4.78, 5) is 25.9. The van der Waals surface area contributed by atoms with Crippen molar-refractivity contribution >= 4 is 35.4 Å². The Morgan fingerprint density at radius 3 is 2.62 bits per heavy atom. The number of aromatic carboxylic acids is 1. The van der Waals surface area contributed by atoms with Crippen molar-refractivity contribution in [3.63, 3.8) is 0 Å². The minimum atomic E-state index is -1.09. The molecule has 0 saturated carbocycles. The SMILES string of the molecule is Cc1c(N=Cc2ccc(OCC(=O)O)c(Cl)c2)cccc1C(=O)O. The molecule has 0 aliphatic rings. The van der Waals surface area contributed by atoms with Crippen molar-refractivity contribution in [2.24, 2.45) is 4.99 Å². The molecule has 0 aromatic heterocycles. The van der Waals surface area contributed by atoms with Crippen LogP contribution in [0.1, 0.15) is 21.5 Å². The average molecular weight is 348 g/mol. The lowest BCUT2D eigenvalue weighted by atomic mass is 10.1. The molecule has 0 aliphatic heterocycles. The number of aliphatic carboxylic acids is 1. The number of aliphatic imine (C=N–C) groups is 1. The van der Waals surface area contributed by atoms with Gasteiger partial charge in [0, 0.05) is 6.21 Å². The molecule has 124 valence electrons. The molecule has 6 nitrogen and oxygen atoms in total. The van der Waals surface area contributed by atoms with Gasteiger partial charge in [-0.3, -0.25) is 4.99 Å². The van der Waals surface area contributed by atoms with Crippen LogP contribution >= 0.6 is 11.6 Å². The van der Waals surface area contributed by atoms with Gasteiger partial charge < -0.3 is 14.9 Å². The van der Waals surface area contributed by atoms with Gasteiger partial charge >= 0.3 is 11.9 Å². The minimum absolute atomic E-state index is 0.195. The molecule has 0 saturated heterocycles. The summed E-state index contributed by atoms with van der Waals surface area (Å²) in [6.45, 7) is 1.21. The Labute approximate surface area is 143 Å². The van der Waals surface area contributed by atoms with E-state index < -0.39 is 18.5 Å². The fourth-order valence-electron chi connectivity index (χ4n) is 1.99. The number of carboxylic acid groups (broad SMARTS) is 2. The molecule has 0 aliphatic carbocycles. The number of hydrogen-bond donors (Lipinski definition) is 2. The monoisotopic (exact) mass is 347 g/mol. The van der Waals surface area contributed by atoms with Gasteiger partial charge in [0.2, 0.25) is 0 Å². The van der Waals surface area contributed by atoms with Gasteiger partial charge in [-0.1, -0.05) is 17.7 Å². The van der Waals surface area contributed by atoms with Crippen LogP contribution in [-0.4, -0.2) is 35.0 Å². The number of carbonyl (C=O) groups is 2. The van der Waals surface area contributed by atoms with Crippen LogP contribution in [0.25, 0.3) is 0 Å². The zero-order valence-corrected chi connectivity index (χ0v) is 13.4. The second kappa shape index (κ2) is 7.61. The lowest BCUT2D eigenvalue weighted by Gasteiger charge is -2.06. The molecular formula is C17H14ClNO5. The molecule has 0 bridgehead atoms. The highest BCUT2D eigenvalue weighted by molar-refractivity contribution is 6.32. The first-order valence-corrected chi connectivity index (χ1v) is 7.27. The number of halogens is 1. The fourth-order valence-corrected chi connectivity index (χ4v) is 2.24. The summed E-state index contributed by atoms with van der Waals surface area (Å²) in [5.41, 5.74) is 1.97. The van der Waals surface area contributed by atoms with Gasteiger partial charge in [-0.25, -0.2) is 9.59 Å². The van der Waals surface area contributed by atoms with Crippen molar-refractivity contribution in [1.29, 1.82) is 0 Å². The second-order valence-corrected chi connectivity index (χ2v) is 5.29. The maximum absolute atomic E-state index is 11.1. The van der Waals surface area contributed by atoms with E-state index in [0.29, 0.717) is 16.8 Å². The lowest BCUT2D eigenvalue weighted by molar-refractivity contribution is -0.139. The van der Waals surface area contributed by atoms with Crippen molar-refractivity contribution in [3.05, 3.63) is 58.1 Å². The number of hydrogen-bond acceptors (Lipinski definition) is 4. The summed E-state index contributed by atoms with van der Waals surface area (Å²) >= 11 is 6.04. The third-order valence-corrected chi connectivity index (χ3v) is 3.49. The van der Waals surface area contributed by atoms with Crippen LogP contribution in [0.3, 0.4) is 0 Å². The van der Waals surface area contributed by atoms with Gasteiger partial charge in [-0.05, 0) is 48.4 Å². The molecule has 0 spiro atoms. The normalized spacial score (nSPS) is 10.8. The Morgan fingerprint density at radius 1 is 1.25 bits per heavy atom. The van der Waals surface area contributed by atoms with Crippen molar-refractivity contribution in [3.8, 4) is 5.75 Å². The maximum Gasteiger partial charge on any atom is 0.341 e. The summed E-state index contributed by atoms with van der Waals surface area (Å²) in [5, 5.41) is 18.0. The quantitative estimate of drug-likeness (QED) is 0.779. The Kier molecular flexibility index (Phi) is 5.55. The van der Waals surface area contributed by atoms with Crippen molar-refractivity contribution < 1.29 is 24.5 Å². The van der Waals surface area contributed by atoms with Crippen molar-refractivity contribution in [2.75, 3.05) is 6.61 Å². The number of rotatable bonds is 6. The first-order chi connectivity index (χ1) is 11.4. The van der Waals surface area contributed by atoms with E-state index in [4.69, 9.17) is 26.6 Å². The smallest absolute Gasteiger partial charge is 0.341 e. The zero-order chi connectivity index (χ0) is 17.7. The third-order valence-electron chi connectivity index (χ3n) is 3.20. The average Bonchev–Trinajstić information content (AvgIpc) is 2.52. The van der Waals surface area contributed by atoms with Gasteiger partial charge in [-0.15, -0.1) is 0 Å². The van der Waals surface area contributed by atoms with E-state index in [1.54, 1.807) is 43.5 Å². The number of nitrogens with zero attached hydrogens (tertiary/aromatic N) is 1. The molecule has 2 aromatic rings. The number of benzene rings is 2. The van der Waals surface area contributed by atoms with Gasteiger partial charge in [0.15, 0.2) is 6.61 Å². The van der Waals surface area contributed by atoms with E-state index in [1.165, 1.54) is 6.07 Å². The van der Waals surface area contributed by atoms with E-state index in [9.17, 15) is 9.59 Å². The minimum Gasteiger partial charge on any atom is -0.480 e. The number of carboxylic acids is 2. The molecule has 7 heteroatoms. The highest BCUT2D eigenvalue weighted by Crippen LogP contribution is 2.26. The molecular weight excluding hydrogens is 334 g/mol. The Hall–Kier alpha value is -2.86. The standard InChI is InChI=1S/C17H14ClNO5/c1-10-12(17(22)23)3-2-4-14(10)19-8-11-5-6-15(13(18)7-11)24-9-16(20)21/h2-8H,9H2,1H3,(H,20,21)(H,22,23). The Bertz CT molecular complexity index is 817. The van der Waals surface area contributed by atoms with Crippen LogP contribution in [0, 0.1) is 6.92 Å². The van der Waals surface area contributed by atoms with Crippen molar-refractivity contribution in [2.45, 2.75) is 6.92 Å². The third kappa shape index (κ3) is 4.33. The van der Waals surface area contributed by atoms with E-state index >= 15 is 0 Å². The zero-order valence-electron chi connectivity index (χ0n) is 12.7. The predicted octanol–water partition coefficient (Wildman–Crippen LogP) is 3.56. The summed E-state index contributed by atoms with van der Waals surface area (Å²) in [7, 11) is 0. The molecule has 24 heavy (non-hydrogen) atoms. The molecule has 2 N–H and O–H groups in total. The van der Waals surface area contributed by atoms with Crippen LogP contribution in [-0.2, 0) is 4.79 Å². The summed E-state index contributed by atoms with van der Waals surface area (Å²) in [6.07, 6.45) is 1.54. The first-order valence-electron chi connectivity index (χ1n) is 6.89. The molecule has 2 aromatic carbocycles. The van der Waals surface area contributed by atoms with Crippen LogP contribution in [0.4, 0.5) is 5.69 Å². The van der Waals surface area contributed by atoms with E-state index in [2.05, 4.69) is 4.99 Å². The first kappa shape index (κ1) is 17.5. The molecule has 0 atom stereocenters. The molecule has 0 fully saturated rings. The van der Waals surface area contributed by atoms with E-state index in [0.717, 1.165) is 0 Å². The number of ether oxygens (including phenoxy) is 1. The molecule has 2 rings (SSSR count). The lowest BCUT2D eigenvalue weighted by Crippen LogP contribution is -2.09. The Balaban J connectivity index is 2.21. The predicted molar refractivity (Wildman–Crippen MR) is 90.0 cm³/mol. The topological polar surface area (TPSA) is 96.2 Å². The molecule has 0 unspecified atom stereocenters. The largest absolute Gasteiger partial charge is 0.480 e. The summed E-state index contributed by atoms with van der Waals surface area (Å²) in [5.74, 6) is -1.83. The molecule has 0 radical (unpaired) electrons.